The van der Waals surface area contributed by atoms with Crippen LogP contribution in [0, 0.1) is 25.2 Å². The number of hydrogen-bond acceptors (Lipinski definition) is 4. The number of fused-ring (bicyclic) bond motifs is 1. The molecular weight excluding hydrogens is 398 g/mol. The molecule has 6 heteroatoms. The van der Waals surface area contributed by atoms with Crippen molar-refractivity contribution >= 4 is 11.6 Å². The van der Waals surface area contributed by atoms with E-state index in [9.17, 15) is 10.1 Å². The van der Waals surface area contributed by atoms with E-state index < -0.39 is 0 Å². The molecule has 0 bridgehead atoms. The predicted octanol–water partition coefficient (Wildman–Crippen LogP) is 4.25. The Bertz CT molecular complexity index is 1270. The molecule has 4 aromatic rings. The van der Waals surface area contributed by atoms with Gasteiger partial charge in [-0.05, 0) is 43.4 Å². The Hall–Kier alpha value is -3.98. The second kappa shape index (κ2) is 9.44. The third kappa shape index (κ3) is 4.52. The van der Waals surface area contributed by atoms with E-state index in [1.165, 1.54) is 11.8 Å². The first kappa shape index (κ1) is 21.3. The molecule has 6 nitrogen and oxygen atoms in total. The molecule has 0 spiro atoms. The van der Waals surface area contributed by atoms with Crippen LogP contribution in [0.2, 0.25) is 0 Å². The summed E-state index contributed by atoms with van der Waals surface area (Å²) in [5.41, 5.74) is 5.99. The molecule has 160 valence electrons. The standard InChI is InChI=1S/C26H25N5O/c1-18-23(19(2)31-26(29-18)22(16-27)17-28-31)13-14-25(32)30-24(21-11-7-4-8-12-21)15-20-9-5-3-6-10-20/h3-12,17,24H,13-15H2,1-2H3,(H,30,32). The highest BCUT2D eigenvalue weighted by atomic mass is 16.1. The largest absolute Gasteiger partial charge is 0.349 e. The molecule has 1 N–H and O–H groups in total. The lowest BCUT2D eigenvalue weighted by atomic mass is 9.98. The molecule has 0 aliphatic carbocycles. The summed E-state index contributed by atoms with van der Waals surface area (Å²) in [6.45, 7) is 3.86. The molecule has 1 unspecified atom stereocenters. The molecule has 2 aromatic heterocycles. The van der Waals surface area contributed by atoms with Crippen LogP contribution in [0.5, 0.6) is 0 Å². The maximum absolute atomic E-state index is 12.9. The smallest absolute Gasteiger partial charge is 0.220 e. The van der Waals surface area contributed by atoms with Crippen molar-refractivity contribution < 1.29 is 4.79 Å². The molecule has 2 aromatic carbocycles. The maximum atomic E-state index is 12.9. The zero-order chi connectivity index (χ0) is 22.5. The number of nitrogens with one attached hydrogen (secondary N) is 1. The second-order valence-corrected chi connectivity index (χ2v) is 7.89. The fraction of sp³-hybridized carbons (Fsp3) is 0.231. The van der Waals surface area contributed by atoms with Crippen molar-refractivity contribution in [3.05, 3.63) is 101 Å². The highest BCUT2D eigenvalue weighted by molar-refractivity contribution is 5.77. The first-order valence-electron chi connectivity index (χ1n) is 10.7. The van der Waals surface area contributed by atoms with Gasteiger partial charge in [0.1, 0.15) is 11.6 Å². The van der Waals surface area contributed by atoms with Crippen molar-refractivity contribution in [2.24, 2.45) is 0 Å². The molecule has 0 aliphatic heterocycles. The minimum absolute atomic E-state index is 0.00754. The van der Waals surface area contributed by atoms with Crippen molar-refractivity contribution in [1.29, 1.82) is 5.26 Å². The van der Waals surface area contributed by atoms with Gasteiger partial charge in [0.25, 0.3) is 0 Å². The van der Waals surface area contributed by atoms with E-state index in [-0.39, 0.29) is 11.9 Å². The molecule has 0 fully saturated rings. The summed E-state index contributed by atoms with van der Waals surface area (Å²) in [5.74, 6) is -0.00754. The quantitative estimate of drug-likeness (QED) is 0.482. The highest BCUT2D eigenvalue weighted by Gasteiger charge is 2.18. The van der Waals surface area contributed by atoms with E-state index >= 15 is 0 Å². The Morgan fingerprint density at radius 1 is 1.09 bits per heavy atom. The van der Waals surface area contributed by atoms with E-state index in [4.69, 9.17) is 0 Å². The number of carbonyl (C=O) groups excluding carboxylic acids is 1. The number of nitriles is 1. The summed E-state index contributed by atoms with van der Waals surface area (Å²) in [5, 5.41) is 16.7. The lowest BCUT2D eigenvalue weighted by Gasteiger charge is -2.20. The van der Waals surface area contributed by atoms with Gasteiger partial charge in [-0.15, -0.1) is 0 Å². The van der Waals surface area contributed by atoms with Gasteiger partial charge in [0, 0.05) is 17.8 Å². The first-order valence-corrected chi connectivity index (χ1v) is 10.7. The minimum Gasteiger partial charge on any atom is -0.349 e. The van der Waals surface area contributed by atoms with E-state index in [1.54, 1.807) is 4.52 Å². The molecule has 0 saturated carbocycles. The Morgan fingerprint density at radius 2 is 1.78 bits per heavy atom. The summed E-state index contributed by atoms with van der Waals surface area (Å²) >= 11 is 0. The molecule has 0 radical (unpaired) electrons. The molecule has 2 heterocycles. The average molecular weight is 424 g/mol. The van der Waals surface area contributed by atoms with Gasteiger partial charge in [-0.3, -0.25) is 4.79 Å². The third-order valence-electron chi connectivity index (χ3n) is 5.75. The van der Waals surface area contributed by atoms with E-state index in [0.717, 1.165) is 28.9 Å². The average Bonchev–Trinajstić information content (AvgIpc) is 3.22. The van der Waals surface area contributed by atoms with E-state index in [1.807, 2.05) is 62.4 Å². The van der Waals surface area contributed by atoms with Gasteiger partial charge in [0.15, 0.2) is 5.65 Å². The summed E-state index contributed by atoms with van der Waals surface area (Å²) in [6.07, 6.45) is 3.16. The van der Waals surface area contributed by atoms with Crippen LogP contribution >= 0.6 is 0 Å². The Balaban J connectivity index is 1.50. The fourth-order valence-electron chi connectivity index (χ4n) is 4.04. The van der Waals surface area contributed by atoms with Crippen molar-refractivity contribution in [3.8, 4) is 6.07 Å². The fourth-order valence-corrected chi connectivity index (χ4v) is 4.04. The zero-order valence-electron chi connectivity index (χ0n) is 18.2. The molecule has 1 atom stereocenters. The van der Waals surface area contributed by atoms with Gasteiger partial charge in [0.05, 0.1) is 12.2 Å². The third-order valence-corrected chi connectivity index (χ3v) is 5.75. The van der Waals surface area contributed by atoms with E-state index in [0.29, 0.717) is 24.1 Å². The van der Waals surface area contributed by atoms with Gasteiger partial charge in [-0.2, -0.15) is 10.4 Å². The molecule has 0 aliphatic rings. The van der Waals surface area contributed by atoms with Crippen LogP contribution in [0.3, 0.4) is 0 Å². The SMILES string of the molecule is Cc1nc2c(C#N)cnn2c(C)c1CCC(=O)NC(Cc1ccccc1)c1ccccc1. The molecule has 4 rings (SSSR count). The number of hydrogen-bond donors (Lipinski definition) is 1. The number of aromatic nitrogens is 3. The predicted molar refractivity (Wildman–Crippen MR) is 123 cm³/mol. The van der Waals surface area contributed by atoms with Gasteiger partial charge >= 0.3 is 0 Å². The molecular formula is C26H25N5O. The number of benzene rings is 2. The summed E-state index contributed by atoms with van der Waals surface area (Å²) < 4.78 is 1.68. The minimum atomic E-state index is -0.0989. The van der Waals surface area contributed by atoms with Gasteiger partial charge in [-0.25, -0.2) is 9.50 Å². The van der Waals surface area contributed by atoms with Gasteiger partial charge < -0.3 is 5.32 Å². The van der Waals surface area contributed by atoms with Gasteiger partial charge in [0.2, 0.25) is 5.91 Å². The second-order valence-electron chi connectivity index (χ2n) is 7.89. The monoisotopic (exact) mass is 423 g/mol. The normalized spacial score (nSPS) is 11.8. The summed E-state index contributed by atoms with van der Waals surface area (Å²) in [7, 11) is 0. The lowest BCUT2D eigenvalue weighted by molar-refractivity contribution is -0.121. The number of carbonyl (C=O) groups is 1. The van der Waals surface area contributed by atoms with Crippen LogP contribution in [-0.4, -0.2) is 20.5 Å². The van der Waals surface area contributed by atoms with Crippen molar-refractivity contribution in [1.82, 2.24) is 19.9 Å². The Labute approximate surface area is 187 Å². The molecule has 32 heavy (non-hydrogen) atoms. The lowest BCUT2D eigenvalue weighted by Crippen LogP contribution is -2.30. The highest BCUT2D eigenvalue weighted by Crippen LogP contribution is 2.21. The van der Waals surface area contributed by atoms with Crippen LogP contribution in [0.4, 0.5) is 0 Å². The molecule has 1 amide bonds. The maximum Gasteiger partial charge on any atom is 0.220 e. The van der Waals surface area contributed by atoms with Crippen molar-refractivity contribution in [2.75, 3.05) is 0 Å². The topological polar surface area (TPSA) is 83.1 Å². The molecule has 0 saturated heterocycles. The number of amides is 1. The van der Waals surface area contributed by atoms with Crippen molar-refractivity contribution in [3.63, 3.8) is 0 Å². The Morgan fingerprint density at radius 3 is 2.47 bits per heavy atom. The van der Waals surface area contributed by atoms with Crippen molar-refractivity contribution in [2.45, 2.75) is 39.2 Å². The Kier molecular flexibility index (Phi) is 6.27. The van der Waals surface area contributed by atoms with Crippen LogP contribution in [0.25, 0.3) is 5.65 Å². The van der Waals surface area contributed by atoms with Gasteiger partial charge in [-0.1, -0.05) is 60.7 Å². The van der Waals surface area contributed by atoms with Crippen LogP contribution in [0.15, 0.2) is 66.9 Å². The van der Waals surface area contributed by atoms with E-state index in [2.05, 4.69) is 33.6 Å². The van der Waals surface area contributed by atoms with Crippen LogP contribution < -0.4 is 5.32 Å². The number of aryl methyl sites for hydroxylation is 2. The first-order chi connectivity index (χ1) is 15.6. The zero-order valence-corrected chi connectivity index (χ0v) is 18.2. The summed E-state index contributed by atoms with van der Waals surface area (Å²) in [4.78, 5) is 17.5. The number of rotatable bonds is 7. The van der Waals surface area contributed by atoms with Crippen LogP contribution in [0.1, 0.15) is 46.1 Å². The van der Waals surface area contributed by atoms with Crippen LogP contribution in [-0.2, 0) is 17.6 Å². The summed E-state index contributed by atoms with van der Waals surface area (Å²) in [6, 6.07) is 22.3. The number of nitrogens with zero attached hydrogens (tertiary/aromatic N) is 4.